The minimum absolute atomic E-state index is 0.0768. The predicted octanol–water partition coefficient (Wildman–Crippen LogP) is 0.953. The summed E-state index contributed by atoms with van der Waals surface area (Å²) in [5, 5.41) is 10.7. The van der Waals surface area contributed by atoms with Crippen LogP contribution in [0.2, 0.25) is 0 Å². The quantitative estimate of drug-likeness (QED) is 0.651. The van der Waals surface area contributed by atoms with Crippen molar-refractivity contribution in [2.45, 2.75) is 23.6 Å². The molecule has 0 radical (unpaired) electrons. The van der Waals surface area contributed by atoms with Crippen molar-refractivity contribution in [1.29, 1.82) is 0 Å². The van der Waals surface area contributed by atoms with Crippen LogP contribution in [0.1, 0.15) is 13.8 Å². The van der Waals surface area contributed by atoms with E-state index in [4.69, 9.17) is 5.73 Å². The van der Waals surface area contributed by atoms with Crippen molar-refractivity contribution in [2.75, 3.05) is 32.4 Å². The molecule has 1 aromatic heterocycles. The van der Waals surface area contributed by atoms with Crippen molar-refractivity contribution >= 4 is 32.0 Å². The molecule has 8 nitrogen and oxygen atoms in total. The maximum Gasteiger partial charge on any atom is 0.304 e. The van der Waals surface area contributed by atoms with Crippen LogP contribution in [0.5, 0.6) is 0 Å². The SMILES string of the molecule is CN1CCN(S(=O)(=O)c2cc([N+](=O)[O-])c(N)s2)CC1(C)C. The summed E-state index contributed by atoms with van der Waals surface area (Å²) in [6, 6.07) is 1.04. The van der Waals surface area contributed by atoms with Gasteiger partial charge >= 0.3 is 5.69 Å². The largest absolute Gasteiger partial charge is 0.385 e. The van der Waals surface area contributed by atoms with Crippen molar-refractivity contribution in [3.8, 4) is 0 Å². The number of hydrogen-bond donors (Lipinski definition) is 1. The molecule has 2 rings (SSSR count). The van der Waals surface area contributed by atoms with E-state index in [-0.39, 0.29) is 20.4 Å². The first-order valence-corrected chi connectivity index (χ1v) is 8.56. The molecule has 2 N–H and O–H groups in total. The molecule has 118 valence electrons. The van der Waals surface area contributed by atoms with Gasteiger partial charge in [-0.25, -0.2) is 8.42 Å². The van der Waals surface area contributed by atoms with E-state index in [1.54, 1.807) is 0 Å². The third-order valence-corrected chi connectivity index (χ3v) is 7.04. The van der Waals surface area contributed by atoms with Crippen molar-refractivity contribution < 1.29 is 13.3 Å². The monoisotopic (exact) mass is 334 g/mol. The van der Waals surface area contributed by atoms with Gasteiger partial charge in [0.15, 0.2) is 5.00 Å². The lowest BCUT2D eigenvalue weighted by atomic mass is 10.0. The second-order valence-corrected chi connectivity index (χ2v) is 8.89. The van der Waals surface area contributed by atoms with Gasteiger partial charge in [0.05, 0.1) is 4.92 Å². The zero-order valence-corrected chi connectivity index (χ0v) is 13.7. The number of likely N-dealkylation sites (N-methyl/N-ethyl adjacent to an activating group) is 1. The van der Waals surface area contributed by atoms with Crippen LogP contribution in [-0.2, 0) is 10.0 Å². The number of sulfonamides is 1. The number of nitrogens with two attached hydrogens (primary N) is 1. The maximum absolute atomic E-state index is 12.6. The van der Waals surface area contributed by atoms with E-state index >= 15 is 0 Å². The Kier molecular flexibility index (Phi) is 4.00. The molecule has 0 saturated carbocycles. The van der Waals surface area contributed by atoms with Gasteiger partial charge in [-0.1, -0.05) is 11.3 Å². The van der Waals surface area contributed by atoms with Crippen LogP contribution in [0.3, 0.4) is 0 Å². The molecule has 1 aromatic rings. The summed E-state index contributed by atoms with van der Waals surface area (Å²) in [5.41, 5.74) is 4.88. The number of hydrogen-bond acceptors (Lipinski definition) is 7. The highest BCUT2D eigenvalue weighted by Gasteiger charge is 2.38. The Hall–Kier alpha value is -1.23. The topological polar surface area (TPSA) is 110 Å². The van der Waals surface area contributed by atoms with Crippen molar-refractivity contribution in [1.82, 2.24) is 9.21 Å². The summed E-state index contributed by atoms with van der Waals surface area (Å²) >= 11 is 0.737. The highest BCUT2D eigenvalue weighted by Crippen LogP contribution is 2.36. The molecule has 0 atom stereocenters. The average Bonchev–Trinajstić information content (AvgIpc) is 2.75. The van der Waals surface area contributed by atoms with E-state index in [0.29, 0.717) is 19.6 Å². The number of piperazine rings is 1. The Morgan fingerprint density at radius 3 is 2.52 bits per heavy atom. The van der Waals surface area contributed by atoms with E-state index in [2.05, 4.69) is 4.90 Å². The van der Waals surface area contributed by atoms with Gasteiger partial charge in [0, 0.05) is 31.2 Å². The molecule has 21 heavy (non-hydrogen) atoms. The molecule has 0 aliphatic carbocycles. The molecular weight excluding hydrogens is 316 g/mol. The first-order valence-electron chi connectivity index (χ1n) is 6.31. The van der Waals surface area contributed by atoms with Crippen LogP contribution < -0.4 is 5.73 Å². The number of nitrogen functional groups attached to an aromatic ring is 1. The fourth-order valence-corrected chi connectivity index (χ4v) is 5.13. The molecular formula is C11H18N4O4S2. The zero-order valence-electron chi connectivity index (χ0n) is 12.1. The summed E-state index contributed by atoms with van der Waals surface area (Å²) in [4.78, 5) is 12.2. The summed E-state index contributed by atoms with van der Waals surface area (Å²) < 4.78 is 26.5. The predicted molar refractivity (Wildman–Crippen MR) is 80.9 cm³/mol. The highest BCUT2D eigenvalue weighted by molar-refractivity contribution is 7.91. The zero-order chi connectivity index (χ0) is 16.0. The lowest BCUT2D eigenvalue weighted by Crippen LogP contribution is -2.58. The Morgan fingerprint density at radius 1 is 1.43 bits per heavy atom. The molecule has 1 saturated heterocycles. The minimum atomic E-state index is -3.75. The van der Waals surface area contributed by atoms with Gasteiger partial charge in [-0.15, -0.1) is 0 Å². The summed E-state index contributed by atoms with van der Waals surface area (Å²) in [6.45, 7) is 5.21. The number of thiophene rings is 1. The van der Waals surface area contributed by atoms with E-state index in [0.717, 1.165) is 17.4 Å². The van der Waals surface area contributed by atoms with Crippen molar-refractivity contribution in [3.05, 3.63) is 16.2 Å². The first-order chi connectivity index (χ1) is 9.55. The van der Waals surface area contributed by atoms with Gasteiger partial charge < -0.3 is 5.73 Å². The van der Waals surface area contributed by atoms with Gasteiger partial charge in [0.1, 0.15) is 4.21 Å². The molecule has 0 aromatic carbocycles. The third kappa shape index (κ3) is 2.89. The van der Waals surface area contributed by atoms with Gasteiger partial charge in [-0.05, 0) is 20.9 Å². The lowest BCUT2D eigenvalue weighted by Gasteiger charge is -2.44. The fourth-order valence-electron chi connectivity index (χ4n) is 2.17. The molecule has 0 unspecified atom stereocenters. The lowest BCUT2D eigenvalue weighted by molar-refractivity contribution is -0.383. The van der Waals surface area contributed by atoms with Gasteiger partial charge in [-0.3, -0.25) is 15.0 Å². The smallest absolute Gasteiger partial charge is 0.304 e. The number of nitrogens with zero attached hydrogens (tertiary/aromatic N) is 3. The van der Waals surface area contributed by atoms with E-state index in [1.807, 2.05) is 20.9 Å². The highest BCUT2D eigenvalue weighted by atomic mass is 32.2. The Bertz CT molecular complexity index is 668. The summed E-state index contributed by atoms with van der Waals surface area (Å²) in [5.74, 6) is 0. The molecule has 1 aliphatic rings. The molecule has 10 heteroatoms. The van der Waals surface area contributed by atoms with Gasteiger partial charge in [0.2, 0.25) is 0 Å². The van der Waals surface area contributed by atoms with Crippen LogP contribution in [-0.4, -0.2) is 54.8 Å². The average molecular weight is 334 g/mol. The fraction of sp³-hybridized carbons (Fsp3) is 0.636. The normalized spacial score (nSPS) is 20.5. The minimum Gasteiger partial charge on any atom is -0.385 e. The Morgan fingerprint density at radius 2 is 2.05 bits per heavy atom. The van der Waals surface area contributed by atoms with Crippen LogP contribution in [0, 0.1) is 10.1 Å². The number of anilines is 1. The van der Waals surface area contributed by atoms with Crippen LogP contribution in [0.25, 0.3) is 0 Å². The second kappa shape index (κ2) is 5.20. The molecule has 1 fully saturated rings. The maximum atomic E-state index is 12.6. The standard InChI is InChI=1S/C11H18N4O4S2/c1-11(2)7-14(5-4-13(11)3)21(18,19)9-6-8(15(16)17)10(12)20-9/h6H,4-5,7,12H2,1-3H3. The van der Waals surface area contributed by atoms with E-state index < -0.39 is 14.9 Å². The van der Waals surface area contributed by atoms with Gasteiger partial charge in [-0.2, -0.15) is 4.31 Å². The first kappa shape index (κ1) is 16.1. The van der Waals surface area contributed by atoms with Crippen molar-refractivity contribution in [3.63, 3.8) is 0 Å². The van der Waals surface area contributed by atoms with Gasteiger partial charge in [0.25, 0.3) is 10.0 Å². The molecule has 0 bridgehead atoms. The number of nitro groups is 1. The van der Waals surface area contributed by atoms with Crippen LogP contribution in [0.15, 0.2) is 10.3 Å². The molecule has 2 heterocycles. The van der Waals surface area contributed by atoms with E-state index in [9.17, 15) is 18.5 Å². The number of rotatable bonds is 3. The van der Waals surface area contributed by atoms with Crippen LogP contribution >= 0.6 is 11.3 Å². The molecule has 1 aliphatic heterocycles. The summed E-state index contributed by atoms with van der Waals surface area (Å²) in [6.07, 6.45) is 0. The Balaban J connectivity index is 2.35. The summed E-state index contributed by atoms with van der Waals surface area (Å²) in [7, 11) is -1.81. The second-order valence-electron chi connectivity index (χ2n) is 5.64. The van der Waals surface area contributed by atoms with Crippen molar-refractivity contribution in [2.24, 2.45) is 0 Å². The molecule has 0 spiro atoms. The third-order valence-electron chi connectivity index (χ3n) is 3.79. The molecule has 0 amide bonds. The Labute approximate surface area is 127 Å². The van der Waals surface area contributed by atoms with E-state index in [1.165, 1.54) is 4.31 Å². The van der Waals surface area contributed by atoms with Crippen LogP contribution in [0.4, 0.5) is 10.7 Å².